The number of aromatic amines is 1. The number of nitrogens with one attached hydrogen (secondary N) is 1. The summed E-state index contributed by atoms with van der Waals surface area (Å²) in [5.41, 5.74) is 1.80. The molecule has 0 aliphatic rings. The lowest BCUT2D eigenvalue weighted by Gasteiger charge is -2.05. The molecule has 0 aliphatic carbocycles. The predicted octanol–water partition coefficient (Wildman–Crippen LogP) is 3.97. The molecule has 0 spiro atoms. The highest BCUT2D eigenvalue weighted by atomic mass is 32.1. The Hall–Kier alpha value is -2.01. The van der Waals surface area contributed by atoms with E-state index in [2.05, 4.69) is 4.98 Å². The van der Waals surface area contributed by atoms with Crippen LogP contribution in [0.4, 0.5) is 8.78 Å². The van der Waals surface area contributed by atoms with Gasteiger partial charge in [0.2, 0.25) is 0 Å². The summed E-state index contributed by atoms with van der Waals surface area (Å²) in [7, 11) is 0. The maximum absolute atomic E-state index is 13.8. The molecular formula is C13H8F2N2S. The number of nitrogens with zero attached hydrogens (tertiary/aromatic N) is 1. The SMILES string of the molecule is Fc1ccc(-n2c(=S)[nH]c3ccccc32)c(F)c1. The Morgan fingerprint density at radius 3 is 2.61 bits per heavy atom. The average molecular weight is 262 g/mol. The van der Waals surface area contributed by atoms with Crippen LogP contribution in [0, 0.1) is 16.4 Å². The zero-order chi connectivity index (χ0) is 12.7. The predicted molar refractivity (Wildman–Crippen MR) is 68.4 cm³/mol. The van der Waals surface area contributed by atoms with Gasteiger partial charge in [-0.3, -0.25) is 4.57 Å². The molecule has 0 amide bonds. The first-order valence-electron chi connectivity index (χ1n) is 5.32. The molecule has 3 aromatic rings. The number of rotatable bonds is 1. The summed E-state index contributed by atoms with van der Waals surface area (Å²) in [4.78, 5) is 2.98. The molecule has 3 rings (SSSR count). The third-order valence-corrected chi connectivity index (χ3v) is 3.02. The standard InChI is InChI=1S/C13H8F2N2S/c14-8-5-6-11(9(15)7-8)17-12-4-2-1-3-10(12)16-13(17)18/h1-7H,(H,16,18). The van der Waals surface area contributed by atoms with Crippen LogP contribution in [0.3, 0.4) is 0 Å². The molecule has 0 aliphatic heterocycles. The molecule has 0 fully saturated rings. The van der Waals surface area contributed by atoms with Gasteiger partial charge in [0.05, 0.1) is 16.7 Å². The number of imidazole rings is 1. The van der Waals surface area contributed by atoms with E-state index in [0.717, 1.165) is 17.1 Å². The third kappa shape index (κ3) is 1.64. The van der Waals surface area contributed by atoms with Crippen LogP contribution < -0.4 is 0 Å². The highest BCUT2D eigenvalue weighted by Crippen LogP contribution is 2.21. The van der Waals surface area contributed by atoms with Crippen LogP contribution in [0.5, 0.6) is 0 Å². The molecule has 0 radical (unpaired) electrons. The van der Waals surface area contributed by atoms with E-state index in [1.807, 2.05) is 24.3 Å². The van der Waals surface area contributed by atoms with Crippen LogP contribution in [0.2, 0.25) is 0 Å². The second kappa shape index (κ2) is 4.03. The molecule has 0 unspecified atom stereocenters. The number of benzene rings is 2. The Morgan fingerprint density at radius 2 is 1.83 bits per heavy atom. The fraction of sp³-hybridized carbons (Fsp3) is 0. The lowest BCUT2D eigenvalue weighted by Crippen LogP contribution is -1.98. The van der Waals surface area contributed by atoms with Gasteiger partial charge in [0.25, 0.3) is 0 Å². The van der Waals surface area contributed by atoms with Crippen LogP contribution >= 0.6 is 12.2 Å². The Morgan fingerprint density at radius 1 is 1.06 bits per heavy atom. The molecule has 90 valence electrons. The monoisotopic (exact) mass is 262 g/mol. The third-order valence-electron chi connectivity index (χ3n) is 2.74. The van der Waals surface area contributed by atoms with Crippen molar-refractivity contribution in [3.63, 3.8) is 0 Å². The largest absolute Gasteiger partial charge is 0.330 e. The molecule has 2 aromatic carbocycles. The van der Waals surface area contributed by atoms with E-state index in [1.54, 1.807) is 4.57 Å². The first-order chi connectivity index (χ1) is 8.66. The van der Waals surface area contributed by atoms with Gasteiger partial charge in [-0.05, 0) is 36.5 Å². The molecule has 0 saturated carbocycles. The number of fused-ring (bicyclic) bond motifs is 1. The molecule has 1 N–H and O–H groups in total. The summed E-state index contributed by atoms with van der Waals surface area (Å²) in [5.74, 6) is -1.25. The first kappa shape index (κ1) is 11.1. The van der Waals surface area contributed by atoms with Crippen molar-refractivity contribution in [2.24, 2.45) is 0 Å². The van der Waals surface area contributed by atoms with Gasteiger partial charge in [0.1, 0.15) is 11.6 Å². The van der Waals surface area contributed by atoms with Crippen LogP contribution in [-0.4, -0.2) is 9.55 Å². The maximum atomic E-state index is 13.8. The van der Waals surface area contributed by atoms with Gasteiger partial charge in [0.15, 0.2) is 4.77 Å². The Labute approximate surface area is 106 Å². The molecule has 1 heterocycles. The first-order valence-corrected chi connectivity index (χ1v) is 5.73. The fourth-order valence-corrected chi connectivity index (χ4v) is 2.26. The van der Waals surface area contributed by atoms with E-state index in [9.17, 15) is 8.78 Å². The van der Waals surface area contributed by atoms with Crippen molar-refractivity contribution in [3.05, 3.63) is 58.9 Å². The minimum Gasteiger partial charge on any atom is -0.330 e. The second-order valence-corrected chi connectivity index (χ2v) is 4.27. The molecule has 0 bridgehead atoms. The number of hydrogen-bond donors (Lipinski definition) is 1. The van der Waals surface area contributed by atoms with Gasteiger partial charge in [-0.1, -0.05) is 12.1 Å². The quantitative estimate of drug-likeness (QED) is 0.658. The van der Waals surface area contributed by atoms with E-state index in [4.69, 9.17) is 12.2 Å². The van der Waals surface area contributed by atoms with Gasteiger partial charge < -0.3 is 4.98 Å². The summed E-state index contributed by atoms with van der Waals surface area (Å²) in [6.07, 6.45) is 0. The number of aromatic nitrogens is 2. The number of para-hydroxylation sites is 2. The molecule has 0 atom stereocenters. The number of halogens is 2. The molecule has 0 saturated heterocycles. The Balaban J connectivity index is 2.38. The molecule has 18 heavy (non-hydrogen) atoms. The van der Waals surface area contributed by atoms with Gasteiger partial charge in [0, 0.05) is 6.07 Å². The summed E-state index contributed by atoms with van der Waals surface area (Å²) in [6, 6.07) is 10.8. The van der Waals surface area contributed by atoms with Crippen molar-refractivity contribution in [3.8, 4) is 5.69 Å². The normalized spacial score (nSPS) is 11.0. The number of H-pyrrole nitrogens is 1. The van der Waals surface area contributed by atoms with Crippen LogP contribution in [0.1, 0.15) is 0 Å². The molecular weight excluding hydrogens is 254 g/mol. The molecule has 2 nitrogen and oxygen atoms in total. The highest BCUT2D eigenvalue weighted by Gasteiger charge is 2.10. The zero-order valence-electron chi connectivity index (χ0n) is 9.15. The Bertz CT molecular complexity index is 789. The van der Waals surface area contributed by atoms with Crippen molar-refractivity contribution < 1.29 is 8.78 Å². The summed E-state index contributed by atoms with van der Waals surface area (Å²) >= 11 is 5.17. The van der Waals surface area contributed by atoms with Crippen molar-refractivity contribution in [2.45, 2.75) is 0 Å². The maximum Gasteiger partial charge on any atom is 0.182 e. The highest BCUT2D eigenvalue weighted by molar-refractivity contribution is 7.71. The lowest BCUT2D eigenvalue weighted by atomic mass is 10.2. The smallest absolute Gasteiger partial charge is 0.182 e. The van der Waals surface area contributed by atoms with E-state index in [1.165, 1.54) is 12.1 Å². The molecule has 1 aromatic heterocycles. The Kier molecular flexibility index (Phi) is 2.48. The van der Waals surface area contributed by atoms with Crippen molar-refractivity contribution in [2.75, 3.05) is 0 Å². The summed E-state index contributed by atoms with van der Waals surface area (Å²) in [6.45, 7) is 0. The van der Waals surface area contributed by atoms with E-state index < -0.39 is 11.6 Å². The average Bonchev–Trinajstić information content (AvgIpc) is 2.66. The summed E-state index contributed by atoms with van der Waals surface area (Å²) < 4.78 is 28.7. The van der Waals surface area contributed by atoms with E-state index in [-0.39, 0.29) is 5.69 Å². The van der Waals surface area contributed by atoms with Crippen LogP contribution in [0.15, 0.2) is 42.5 Å². The minimum atomic E-state index is -0.643. The van der Waals surface area contributed by atoms with Gasteiger partial charge in [-0.15, -0.1) is 0 Å². The zero-order valence-corrected chi connectivity index (χ0v) is 9.97. The number of hydrogen-bond acceptors (Lipinski definition) is 1. The van der Waals surface area contributed by atoms with E-state index >= 15 is 0 Å². The van der Waals surface area contributed by atoms with Crippen LogP contribution in [-0.2, 0) is 0 Å². The fourth-order valence-electron chi connectivity index (χ4n) is 1.96. The second-order valence-electron chi connectivity index (χ2n) is 3.88. The molecule has 5 heteroatoms. The van der Waals surface area contributed by atoms with Crippen molar-refractivity contribution in [1.82, 2.24) is 9.55 Å². The van der Waals surface area contributed by atoms with E-state index in [0.29, 0.717) is 4.77 Å². The summed E-state index contributed by atoms with van der Waals surface area (Å²) in [5, 5.41) is 0. The van der Waals surface area contributed by atoms with Crippen LogP contribution in [0.25, 0.3) is 16.7 Å². The van der Waals surface area contributed by atoms with Crippen molar-refractivity contribution in [1.29, 1.82) is 0 Å². The van der Waals surface area contributed by atoms with Gasteiger partial charge in [-0.25, -0.2) is 8.78 Å². The van der Waals surface area contributed by atoms with Gasteiger partial charge in [-0.2, -0.15) is 0 Å². The minimum absolute atomic E-state index is 0.235. The van der Waals surface area contributed by atoms with Gasteiger partial charge >= 0.3 is 0 Å². The van der Waals surface area contributed by atoms with Crippen molar-refractivity contribution >= 4 is 23.3 Å². The topological polar surface area (TPSA) is 20.7 Å². The lowest BCUT2D eigenvalue weighted by molar-refractivity contribution is 0.578.